The van der Waals surface area contributed by atoms with E-state index in [1.165, 1.54) is 0 Å². The second-order valence-electron chi connectivity index (χ2n) is 5.97. The van der Waals surface area contributed by atoms with Crippen molar-refractivity contribution >= 4 is 11.9 Å². The first kappa shape index (κ1) is 16.2. The summed E-state index contributed by atoms with van der Waals surface area (Å²) in [5, 5.41) is 0. The third-order valence-electron chi connectivity index (χ3n) is 4.29. The summed E-state index contributed by atoms with van der Waals surface area (Å²) in [6, 6.07) is 17.9. The molecule has 0 saturated heterocycles. The van der Waals surface area contributed by atoms with Gasteiger partial charge in [0, 0.05) is 0 Å². The van der Waals surface area contributed by atoms with Crippen LogP contribution in [0.25, 0.3) is 0 Å². The molecular weight excluding hydrogens is 304 g/mol. The second kappa shape index (κ2) is 7.77. The monoisotopic (exact) mass is 324 g/mol. The lowest BCUT2D eigenvalue weighted by molar-refractivity contribution is -0.152. The fraction of sp³-hybridized carbons (Fsp3) is 0.300. The molecule has 1 saturated carbocycles. The van der Waals surface area contributed by atoms with E-state index in [2.05, 4.69) is 0 Å². The van der Waals surface area contributed by atoms with Crippen molar-refractivity contribution in [3.63, 3.8) is 0 Å². The molecule has 2 atom stereocenters. The zero-order valence-corrected chi connectivity index (χ0v) is 13.4. The molecule has 3 rings (SSSR count). The van der Waals surface area contributed by atoms with Crippen LogP contribution in [-0.4, -0.2) is 11.9 Å². The van der Waals surface area contributed by atoms with Crippen LogP contribution >= 0.6 is 0 Å². The average molecular weight is 324 g/mol. The van der Waals surface area contributed by atoms with Gasteiger partial charge in [-0.3, -0.25) is 9.59 Å². The Labute approximate surface area is 141 Å². The minimum atomic E-state index is -0.449. The summed E-state index contributed by atoms with van der Waals surface area (Å²) in [5.74, 6) is -0.594. The molecule has 4 heteroatoms. The number of carbonyl (C=O) groups excluding carboxylic acids is 2. The molecule has 24 heavy (non-hydrogen) atoms. The van der Waals surface area contributed by atoms with Crippen LogP contribution in [0, 0.1) is 11.8 Å². The van der Waals surface area contributed by atoms with Crippen molar-refractivity contribution in [2.45, 2.75) is 25.7 Å². The number of ether oxygens (including phenoxy) is 2. The number of hydrogen-bond donors (Lipinski definition) is 0. The molecule has 2 aromatic carbocycles. The minimum Gasteiger partial charge on any atom is -0.426 e. The van der Waals surface area contributed by atoms with Crippen LogP contribution in [-0.2, 0) is 9.59 Å². The average Bonchev–Trinajstić information content (AvgIpc) is 2.63. The van der Waals surface area contributed by atoms with Gasteiger partial charge in [-0.05, 0) is 37.1 Å². The highest BCUT2D eigenvalue weighted by molar-refractivity contribution is 5.84. The van der Waals surface area contributed by atoms with Gasteiger partial charge in [-0.25, -0.2) is 0 Å². The van der Waals surface area contributed by atoms with Gasteiger partial charge in [0.2, 0.25) is 0 Å². The number of benzene rings is 2. The van der Waals surface area contributed by atoms with Crippen LogP contribution in [0.15, 0.2) is 60.7 Å². The highest BCUT2D eigenvalue weighted by Crippen LogP contribution is 2.32. The Hall–Kier alpha value is -2.62. The van der Waals surface area contributed by atoms with E-state index in [0.29, 0.717) is 24.3 Å². The Morgan fingerprint density at radius 2 is 1.04 bits per heavy atom. The quantitative estimate of drug-likeness (QED) is 0.630. The summed E-state index contributed by atoms with van der Waals surface area (Å²) in [5.41, 5.74) is 0. The van der Waals surface area contributed by atoms with Crippen LogP contribution in [0.4, 0.5) is 0 Å². The highest BCUT2D eigenvalue weighted by atomic mass is 16.5. The predicted octanol–water partition coefficient (Wildman–Crippen LogP) is 4.00. The molecule has 2 aromatic rings. The van der Waals surface area contributed by atoms with Gasteiger partial charge in [0.15, 0.2) is 0 Å². The number of hydrogen-bond acceptors (Lipinski definition) is 4. The van der Waals surface area contributed by atoms with Gasteiger partial charge in [0.25, 0.3) is 0 Å². The van der Waals surface area contributed by atoms with Crippen LogP contribution < -0.4 is 9.47 Å². The Kier molecular flexibility index (Phi) is 5.26. The molecule has 1 aliphatic rings. The molecule has 0 N–H and O–H groups in total. The smallest absolute Gasteiger partial charge is 0.315 e. The van der Waals surface area contributed by atoms with Gasteiger partial charge >= 0.3 is 11.9 Å². The van der Waals surface area contributed by atoms with E-state index in [9.17, 15) is 9.59 Å². The maximum Gasteiger partial charge on any atom is 0.315 e. The third-order valence-corrected chi connectivity index (χ3v) is 4.29. The zero-order valence-electron chi connectivity index (χ0n) is 13.4. The van der Waals surface area contributed by atoms with E-state index >= 15 is 0 Å². The molecule has 0 heterocycles. The molecule has 0 amide bonds. The van der Waals surface area contributed by atoms with Gasteiger partial charge < -0.3 is 9.47 Å². The zero-order chi connectivity index (χ0) is 16.8. The number of rotatable bonds is 4. The topological polar surface area (TPSA) is 52.6 Å². The first-order valence-corrected chi connectivity index (χ1v) is 8.27. The lowest BCUT2D eigenvalue weighted by atomic mass is 9.79. The molecule has 1 fully saturated rings. The molecule has 0 unspecified atom stereocenters. The summed E-state index contributed by atoms with van der Waals surface area (Å²) in [6.45, 7) is 0. The van der Waals surface area contributed by atoms with E-state index in [0.717, 1.165) is 12.8 Å². The summed E-state index contributed by atoms with van der Waals surface area (Å²) in [7, 11) is 0. The highest BCUT2D eigenvalue weighted by Gasteiger charge is 2.38. The Balaban J connectivity index is 1.68. The van der Waals surface area contributed by atoms with Crippen molar-refractivity contribution in [1.29, 1.82) is 0 Å². The standard InChI is InChI=1S/C20H20O4/c21-19(23-15-9-3-1-4-10-15)17-13-7-8-14-18(17)20(22)24-16-11-5-2-6-12-16/h1-6,9-12,17-18H,7-8,13-14H2/t17-,18-/m0/s1. The molecule has 0 bridgehead atoms. The van der Waals surface area contributed by atoms with Gasteiger partial charge in [-0.2, -0.15) is 0 Å². The van der Waals surface area contributed by atoms with Gasteiger partial charge in [-0.1, -0.05) is 49.2 Å². The molecule has 1 aliphatic carbocycles. The van der Waals surface area contributed by atoms with Gasteiger partial charge in [-0.15, -0.1) is 0 Å². The van der Waals surface area contributed by atoms with E-state index in [-0.39, 0.29) is 11.9 Å². The Bertz CT molecular complexity index is 620. The van der Waals surface area contributed by atoms with Crippen molar-refractivity contribution < 1.29 is 19.1 Å². The fourth-order valence-electron chi connectivity index (χ4n) is 3.06. The van der Waals surface area contributed by atoms with E-state index in [1.54, 1.807) is 24.3 Å². The van der Waals surface area contributed by atoms with Crippen molar-refractivity contribution in [3.8, 4) is 11.5 Å². The van der Waals surface area contributed by atoms with Crippen LogP contribution in [0.3, 0.4) is 0 Å². The van der Waals surface area contributed by atoms with Crippen molar-refractivity contribution in [2.24, 2.45) is 11.8 Å². The summed E-state index contributed by atoms with van der Waals surface area (Å²) in [4.78, 5) is 25.0. The van der Waals surface area contributed by atoms with Crippen molar-refractivity contribution in [3.05, 3.63) is 60.7 Å². The summed E-state index contributed by atoms with van der Waals surface area (Å²) < 4.78 is 10.9. The van der Waals surface area contributed by atoms with Gasteiger partial charge in [0.05, 0.1) is 11.8 Å². The minimum absolute atomic E-state index is 0.351. The summed E-state index contributed by atoms with van der Waals surface area (Å²) in [6.07, 6.45) is 3.15. The number of para-hydroxylation sites is 2. The largest absolute Gasteiger partial charge is 0.426 e. The molecule has 0 spiro atoms. The Morgan fingerprint density at radius 1 is 0.667 bits per heavy atom. The van der Waals surface area contributed by atoms with E-state index in [4.69, 9.17) is 9.47 Å². The molecule has 0 aliphatic heterocycles. The summed E-state index contributed by atoms with van der Waals surface area (Å²) >= 11 is 0. The third kappa shape index (κ3) is 4.02. The lowest BCUT2D eigenvalue weighted by Crippen LogP contribution is -2.37. The molecule has 124 valence electrons. The maximum absolute atomic E-state index is 12.5. The molecule has 0 aromatic heterocycles. The Morgan fingerprint density at radius 3 is 1.42 bits per heavy atom. The number of carbonyl (C=O) groups is 2. The van der Waals surface area contributed by atoms with Crippen LogP contribution in [0.5, 0.6) is 11.5 Å². The maximum atomic E-state index is 12.5. The fourth-order valence-corrected chi connectivity index (χ4v) is 3.06. The normalized spacial score (nSPS) is 20.2. The van der Waals surface area contributed by atoms with Crippen molar-refractivity contribution in [1.82, 2.24) is 0 Å². The molecule has 4 nitrogen and oxygen atoms in total. The van der Waals surface area contributed by atoms with Crippen molar-refractivity contribution in [2.75, 3.05) is 0 Å². The number of esters is 2. The van der Waals surface area contributed by atoms with Crippen LogP contribution in [0.1, 0.15) is 25.7 Å². The first-order chi connectivity index (χ1) is 11.7. The SMILES string of the molecule is O=C(Oc1ccccc1)[C@H]1CCCC[C@@H]1C(=O)Oc1ccccc1. The molecule has 0 radical (unpaired) electrons. The molecular formula is C20H20O4. The lowest BCUT2D eigenvalue weighted by Gasteiger charge is -2.28. The first-order valence-electron chi connectivity index (χ1n) is 8.27. The van der Waals surface area contributed by atoms with E-state index < -0.39 is 11.8 Å². The predicted molar refractivity (Wildman–Crippen MR) is 89.6 cm³/mol. The van der Waals surface area contributed by atoms with Crippen LogP contribution in [0.2, 0.25) is 0 Å². The van der Waals surface area contributed by atoms with Gasteiger partial charge in [0.1, 0.15) is 11.5 Å². The van der Waals surface area contributed by atoms with E-state index in [1.807, 2.05) is 36.4 Å². The second-order valence-corrected chi connectivity index (χ2v) is 5.97.